The minimum absolute atomic E-state index is 0.0731. The summed E-state index contributed by atoms with van der Waals surface area (Å²) in [5.41, 5.74) is 8.42. The summed E-state index contributed by atoms with van der Waals surface area (Å²) in [5, 5.41) is 0. The summed E-state index contributed by atoms with van der Waals surface area (Å²) in [7, 11) is 4.10. The lowest BCUT2D eigenvalue weighted by Crippen LogP contribution is -2.42. The first kappa shape index (κ1) is 15.3. The van der Waals surface area contributed by atoms with Crippen LogP contribution in [0.4, 0.5) is 5.69 Å². The second kappa shape index (κ2) is 6.55. The smallest absolute Gasteiger partial charge is 0.0948 e. The van der Waals surface area contributed by atoms with Gasteiger partial charge in [0.1, 0.15) is 0 Å². The van der Waals surface area contributed by atoms with Crippen LogP contribution in [0, 0.1) is 5.92 Å². The number of nitrogens with zero attached hydrogens (tertiary/aromatic N) is 2. The average molecular weight is 291 g/mol. The van der Waals surface area contributed by atoms with Crippen molar-refractivity contribution in [3.63, 3.8) is 0 Å². The maximum Gasteiger partial charge on any atom is 0.0948 e. The van der Waals surface area contributed by atoms with Crippen LogP contribution in [0.2, 0.25) is 0 Å². The van der Waals surface area contributed by atoms with Crippen LogP contribution in [0.1, 0.15) is 31.4 Å². The van der Waals surface area contributed by atoms with Gasteiger partial charge >= 0.3 is 0 Å². The van der Waals surface area contributed by atoms with Crippen molar-refractivity contribution in [2.75, 3.05) is 32.1 Å². The highest BCUT2D eigenvalue weighted by atomic mass is 32.1. The minimum Gasteiger partial charge on any atom is -0.392 e. The van der Waals surface area contributed by atoms with Gasteiger partial charge in [-0.15, -0.1) is 0 Å². The number of piperidine rings is 1. The second-order valence-corrected chi connectivity index (χ2v) is 6.50. The molecule has 0 spiro atoms. The van der Waals surface area contributed by atoms with E-state index in [1.807, 2.05) is 14.1 Å². The molecule has 1 aromatic carbocycles. The molecule has 1 aromatic rings. The molecular weight excluding hydrogens is 266 g/mol. The molecule has 0 bridgehead atoms. The average Bonchev–Trinajstić information content (AvgIpc) is 2.39. The Labute approximate surface area is 127 Å². The number of hydrogen-bond donors (Lipinski definition) is 1. The van der Waals surface area contributed by atoms with Crippen molar-refractivity contribution in [3.05, 3.63) is 29.8 Å². The Bertz CT molecular complexity index is 455. The number of thiocarbonyl (C=S) groups is 1. The van der Waals surface area contributed by atoms with Crippen LogP contribution in [0.15, 0.2) is 24.3 Å². The van der Waals surface area contributed by atoms with Crippen molar-refractivity contribution >= 4 is 22.9 Å². The molecule has 3 nitrogen and oxygen atoms in total. The van der Waals surface area contributed by atoms with E-state index in [9.17, 15) is 0 Å². The zero-order chi connectivity index (χ0) is 14.7. The maximum absolute atomic E-state index is 6.02. The highest BCUT2D eigenvalue weighted by molar-refractivity contribution is 7.80. The van der Waals surface area contributed by atoms with Crippen LogP contribution in [0.5, 0.6) is 0 Å². The lowest BCUT2D eigenvalue weighted by molar-refractivity contribution is 0.162. The lowest BCUT2D eigenvalue weighted by atomic mass is 9.96. The number of benzene rings is 1. The SMILES string of the molecule is CC1CCCN(C(C(N)=S)c2ccc(N(C)C)cc2)C1. The van der Waals surface area contributed by atoms with Crippen molar-refractivity contribution < 1.29 is 0 Å². The molecule has 1 fully saturated rings. The molecule has 1 saturated heterocycles. The highest BCUT2D eigenvalue weighted by Gasteiger charge is 2.27. The Hall–Kier alpha value is -1.13. The fraction of sp³-hybridized carbons (Fsp3) is 0.562. The number of anilines is 1. The monoisotopic (exact) mass is 291 g/mol. The molecule has 2 N–H and O–H groups in total. The van der Waals surface area contributed by atoms with Crippen LogP contribution in [0.25, 0.3) is 0 Å². The van der Waals surface area contributed by atoms with Crippen molar-refractivity contribution in [1.82, 2.24) is 4.90 Å². The third-order valence-electron chi connectivity index (χ3n) is 4.05. The first-order valence-corrected chi connectivity index (χ1v) is 7.70. The molecule has 2 rings (SSSR count). The summed E-state index contributed by atoms with van der Waals surface area (Å²) in [6, 6.07) is 8.64. The zero-order valence-electron chi connectivity index (χ0n) is 12.7. The molecule has 0 amide bonds. The first-order chi connectivity index (χ1) is 9.49. The zero-order valence-corrected chi connectivity index (χ0v) is 13.5. The van der Waals surface area contributed by atoms with Crippen molar-refractivity contribution in [2.24, 2.45) is 11.7 Å². The largest absolute Gasteiger partial charge is 0.392 e. The fourth-order valence-corrected chi connectivity index (χ4v) is 3.26. The lowest BCUT2D eigenvalue weighted by Gasteiger charge is -2.37. The summed E-state index contributed by atoms with van der Waals surface area (Å²) >= 11 is 5.33. The third kappa shape index (κ3) is 3.49. The molecular formula is C16H25N3S. The molecule has 110 valence electrons. The van der Waals surface area contributed by atoms with E-state index in [0.717, 1.165) is 19.0 Å². The van der Waals surface area contributed by atoms with Gasteiger partial charge in [0.2, 0.25) is 0 Å². The normalized spacial score (nSPS) is 21.4. The highest BCUT2D eigenvalue weighted by Crippen LogP contribution is 2.28. The Morgan fingerprint density at radius 2 is 2.00 bits per heavy atom. The second-order valence-electron chi connectivity index (χ2n) is 6.03. The maximum atomic E-state index is 6.02. The van der Waals surface area contributed by atoms with Gasteiger partial charge in [-0.05, 0) is 43.0 Å². The molecule has 0 aromatic heterocycles. The molecule has 0 radical (unpaired) electrons. The Morgan fingerprint density at radius 3 is 2.50 bits per heavy atom. The van der Waals surface area contributed by atoms with Crippen LogP contribution < -0.4 is 10.6 Å². The van der Waals surface area contributed by atoms with Gasteiger partial charge in [0.15, 0.2) is 0 Å². The Kier molecular flexibility index (Phi) is 5.00. The molecule has 2 atom stereocenters. The quantitative estimate of drug-likeness (QED) is 0.865. The molecule has 1 aliphatic heterocycles. The van der Waals surface area contributed by atoms with Crippen LogP contribution >= 0.6 is 12.2 Å². The summed E-state index contributed by atoms with van der Waals surface area (Å²) in [4.78, 5) is 5.11. The van der Waals surface area contributed by atoms with E-state index in [1.165, 1.54) is 24.1 Å². The summed E-state index contributed by atoms with van der Waals surface area (Å²) in [5.74, 6) is 0.724. The van der Waals surface area contributed by atoms with E-state index >= 15 is 0 Å². The van der Waals surface area contributed by atoms with E-state index in [-0.39, 0.29) is 6.04 Å². The number of hydrogen-bond acceptors (Lipinski definition) is 3. The van der Waals surface area contributed by atoms with Gasteiger partial charge in [0.05, 0.1) is 11.0 Å². The first-order valence-electron chi connectivity index (χ1n) is 7.29. The number of likely N-dealkylation sites (tertiary alicyclic amines) is 1. The van der Waals surface area contributed by atoms with Gasteiger partial charge in [-0.25, -0.2) is 0 Å². The molecule has 1 aliphatic rings. The summed E-state index contributed by atoms with van der Waals surface area (Å²) < 4.78 is 0. The third-order valence-corrected chi connectivity index (χ3v) is 4.27. The van der Waals surface area contributed by atoms with Gasteiger partial charge in [0, 0.05) is 26.3 Å². The van der Waals surface area contributed by atoms with Gasteiger partial charge < -0.3 is 10.6 Å². The van der Waals surface area contributed by atoms with Gasteiger partial charge in [-0.3, -0.25) is 4.90 Å². The topological polar surface area (TPSA) is 32.5 Å². The van der Waals surface area contributed by atoms with E-state index in [1.54, 1.807) is 0 Å². The van der Waals surface area contributed by atoms with Gasteiger partial charge in [-0.2, -0.15) is 0 Å². The van der Waals surface area contributed by atoms with Crippen LogP contribution in [-0.4, -0.2) is 37.1 Å². The van der Waals surface area contributed by atoms with E-state index in [0.29, 0.717) is 4.99 Å². The predicted octanol–water partition coefficient (Wildman–Crippen LogP) is 2.81. The minimum atomic E-state index is 0.0731. The molecule has 4 heteroatoms. The van der Waals surface area contributed by atoms with E-state index in [2.05, 4.69) is 41.0 Å². The van der Waals surface area contributed by atoms with Gasteiger partial charge in [-0.1, -0.05) is 31.3 Å². The Morgan fingerprint density at radius 1 is 1.35 bits per heavy atom. The van der Waals surface area contributed by atoms with Crippen molar-refractivity contribution in [2.45, 2.75) is 25.8 Å². The number of nitrogens with two attached hydrogens (primary N) is 1. The molecule has 0 aliphatic carbocycles. The summed E-state index contributed by atoms with van der Waals surface area (Å²) in [6.07, 6.45) is 2.54. The van der Waals surface area contributed by atoms with Crippen LogP contribution in [0.3, 0.4) is 0 Å². The summed E-state index contributed by atoms with van der Waals surface area (Å²) in [6.45, 7) is 4.47. The van der Waals surface area contributed by atoms with Crippen molar-refractivity contribution in [1.29, 1.82) is 0 Å². The van der Waals surface area contributed by atoms with Crippen molar-refractivity contribution in [3.8, 4) is 0 Å². The predicted molar refractivity (Wildman–Crippen MR) is 90.3 cm³/mol. The molecule has 2 unspecified atom stereocenters. The molecule has 20 heavy (non-hydrogen) atoms. The molecule has 1 heterocycles. The Balaban J connectivity index is 2.21. The number of rotatable bonds is 4. The standard InChI is InChI=1S/C16H25N3S/c1-12-5-4-10-19(11-12)15(16(17)20)13-6-8-14(9-7-13)18(2)3/h6-9,12,15H,4-5,10-11H2,1-3H3,(H2,17,20). The van der Waals surface area contributed by atoms with Gasteiger partial charge in [0.25, 0.3) is 0 Å². The molecule has 0 saturated carbocycles. The van der Waals surface area contributed by atoms with E-state index < -0.39 is 0 Å². The van der Waals surface area contributed by atoms with E-state index in [4.69, 9.17) is 18.0 Å². The fourth-order valence-electron chi connectivity index (χ4n) is 2.97. The van der Waals surface area contributed by atoms with Crippen LogP contribution in [-0.2, 0) is 0 Å².